The van der Waals surface area contributed by atoms with Crippen molar-refractivity contribution in [1.29, 1.82) is 0 Å². The molecule has 0 aliphatic carbocycles. The molecule has 0 atom stereocenters. The summed E-state index contributed by atoms with van der Waals surface area (Å²) >= 11 is 1.69. The minimum absolute atomic E-state index is 0. The van der Waals surface area contributed by atoms with E-state index < -0.39 is 0 Å². The number of rotatable bonds is 4. The van der Waals surface area contributed by atoms with Gasteiger partial charge in [0, 0.05) is 18.5 Å². The van der Waals surface area contributed by atoms with E-state index in [-0.39, 0.29) is 29.8 Å². The number of halogens is 2. The van der Waals surface area contributed by atoms with Gasteiger partial charge in [0.1, 0.15) is 10.8 Å². The van der Waals surface area contributed by atoms with E-state index in [9.17, 15) is 4.39 Å². The summed E-state index contributed by atoms with van der Waals surface area (Å²) in [6.45, 7) is 7.08. The summed E-state index contributed by atoms with van der Waals surface area (Å²) in [5.41, 5.74) is 2.74. The van der Waals surface area contributed by atoms with E-state index >= 15 is 0 Å². The monoisotopic (exact) mass is 448 g/mol. The molecule has 0 aliphatic heterocycles. The van der Waals surface area contributed by atoms with Crippen molar-refractivity contribution in [3.63, 3.8) is 0 Å². The average molecular weight is 448 g/mol. The Bertz CT molecular complexity index is 665. The molecule has 0 saturated carbocycles. The predicted octanol–water partition coefficient (Wildman–Crippen LogP) is 3.69. The lowest BCUT2D eigenvalue weighted by atomic mass is 10.1. The zero-order valence-electron chi connectivity index (χ0n) is 13.7. The van der Waals surface area contributed by atoms with E-state index in [0.717, 1.165) is 16.3 Å². The fraction of sp³-hybridized carbons (Fsp3) is 0.375. The van der Waals surface area contributed by atoms with Crippen LogP contribution in [-0.2, 0) is 13.1 Å². The minimum atomic E-state index is -0.180. The SMILES string of the molecule is CN=C(NCc1ccc(F)c(C)c1)NCc1nc(C)c(C)s1.I. The van der Waals surface area contributed by atoms with Crippen LogP contribution in [0.15, 0.2) is 23.2 Å². The zero-order chi connectivity index (χ0) is 16.1. The number of nitrogens with zero attached hydrogens (tertiary/aromatic N) is 2. The third-order valence-electron chi connectivity index (χ3n) is 3.39. The molecule has 2 aromatic rings. The lowest BCUT2D eigenvalue weighted by molar-refractivity contribution is 0.617. The van der Waals surface area contributed by atoms with E-state index in [1.165, 1.54) is 10.9 Å². The van der Waals surface area contributed by atoms with Crippen molar-refractivity contribution in [1.82, 2.24) is 15.6 Å². The molecule has 1 heterocycles. The van der Waals surface area contributed by atoms with Gasteiger partial charge in [-0.15, -0.1) is 35.3 Å². The molecule has 7 heteroatoms. The number of hydrogen-bond acceptors (Lipinski definition) is 3. The summed E-state index contributed by atoms with van der Waals surface area (Å²) in [4.78, 5) is 9.91. The van der Waals surface area contributed by atoms with Crippen LogP contribution >= 0.6 is 35.3 Å². The summed E-state index contributed by atoms with van der Waals surface area (Å²) in [5, 5.41) is 7.49. The number of nitrogens with one attached hydrogen (secondary N) is 2. The van der Waals surface area contributed by atoms with Gasteiger partial charge in [-0.2, -0.15) is 0 Å². The van der Waals surface area contributed by atoms with Gasteiger partial charge in [-0.25, -0.2) is 9.37 Å². The Morgan fingerprint density at radius 3 is 2.48 bits per heavy atom. The van der Waals surface area contributed by atoms with Crippen LogP contribution in [0.4, 0.5) is 4.39 Å². The third-order valence-corrected chi connectivity index (χ3v) is 4.46. The second-order valence-electron chi connectivity index (χ2n) is 5.11. The van der Waals surface area contributed by atoms with Crippen molar-refractivity contribution in [3.05, 3.63) is 50.7 Å². The van der Waals surface area contributed by atoms with Gasteiger partial charge in [0.25, 0.3) is 0 Å². The molecular weight excluding hydrogens is 426 g/mol. The smallest absolute Gasteiger partial charge is 0.191 e. The van der Waals surface area contributed by atoms with Gasteiger partial charge in [0.2, 0.25) is 0 Å². The molecule has 0 spiro atoms. The summed E-state index contributed by atoms with van der Waals surface area (Å²) in [5.74, 6) is 0.522. The molecule has 4 nitrogen and oxygen atoms in total. The van der Waals surface area contributed by atoms with Crippen molar-refractivity contribution < 1.29 is 4.39 Å². The number of thiazole rings is 1. The molecular formula is C16H22FIN4S. The van der Waals surface area contributed by atoms with Gasteiger partial charge < -0.3 is 10.6 Å². The number of aliphatic imine (C=N–C) groups is 1. The molecule has 0 bridgehead atoms. The van der Waals surface area contributed by atoms with Crippen molar-refractivity contribution in [2.24, 2.45) is 4.99 Å². The maximum Gasteiger partial charge on any atom is 0.191 e. The Morgan fingerprint density at radius 2 is 1.91 bits per heavy atom. The maximum absolute atomic E-state index is 13.2. The molecule has 0 radical (unpaired) electrons. The lowest BCUT2D eigenvalue weighted by Crippen LogP contribution is -2.36. The number of hydrogen-bond donors (Lipinski definition) is 2. The molecule has 0 amide bonds. The minimum Gasteiger partial charge on any atom is -0.352 e. The van der Waals surface area contributed by atoms with Gasteiger partial charge in [-0.1, -0.05) is 12.1 Å². The molecule has 1 aromatic heterocycles. The summed E-state index contributed by atoms with van der Waals surface area (Å²) < 4.78 is 13.2. The van der Waals surface area contributed by atoms with E-state index in [1.807, 2.05) is 13.0 Å². The Kier molecular flexibility index (Phi) is 7.90. The van der Waals surface area contributed by atoms with Crippen molar-refractivity contribution in [3.8, 4) is 0 Å². The van der Waals surface area contributed by atoms with Crippen molar-refractivity contribution >= 4 is 41.3 Å². The van der Waals surface area contributed by atoms with E-state index in [2.05, 4.69) is 27.5 Å². The Morgan fingerprint density at radius 1 is 1.22 bits per heavy atom. The first kappa shape index (κ1) is 19.8. The molecule has 1 aromatic carbocycles. The highest BCUT2D eigenvalue weighted by Gasteiger charge is 2.05. The van der Waals surface area contributed by atoms with E-state index in [4.69, 9.17) is 0 Å². The van der Waals surface area contributed by atoms with Crippen LogP contribution in [0, 0.1) is 26.6 Å². The molecule has 0 saturated heterocycles. The fourth-order valence-electron chi connectivity index (χ4n) is 2.00. The number of guanidine groups is 1. The van der Waals surface area contributed by atoms with Gasteiger partial charge in [-0.05, 0) is 38.0 Å². The quantitative estimate of drug-likeness (QED) is 0.426. The fourth-order valence-corrected chi connectivity index (χ4v) is 2.87. The first-order chi connectivity index (χ1) is 10.5. The first-order valence-corrected chi connectivity index (χ1v) is 7.93. The summed E-state index contributed by atoms with van der Waals surface area (Å²) in [7, 11) is 1.73. The van der Waals surface area contributed by atoms with Crippen LogP contribution in [0.3, 0.4) is 0 Å². The van der Waals surface area contributed by atoms with E-state index in [1.54, 1.807) is 31.4 Å². The van der Waals surface area contributed by atoms with Crippen LogP contribution in [0.5, 0.6) is 0 Å². The molecule has 0 fully saturated rings. The number of aryl methyl sites for hydroxylation is 3. The molecule has 0 aliphatic rings. The summed E-state index contributed by atoms with van der Waals surface area (Å²) in [6.07, 6.45) is 0. The Hall–Kier alpha value is -1.22. The number of aromatic nitrogens is 1. The van der Waals surface area contributed by atoms with Gasteiger partial charge in [-0.3, -0.25) is 4.99 Å². The first-order valence-electron chi connectivity index (χ1n) is 7.12. The van der Waals surface area contributed by atoms with E-state index in [0.29, 0.717) is 24.6 Å². The standard InChI is InChI=1S/C16H21FN4S.HI/c1-10-7-13(5-6-14(10)17)8-19-16(18-4)20-9-15-21-11(2)12(3)22-15;/h5-7H,8-9H2,1-4H3,(H2,18,19,20);1H. The molecule has 0 unspecified atom stereocenters. The largest absolute Gasteiger partial charge is 0.352 e. The highest BCUT2D eigenvalue weighted by Crippen LogP contribution is 2.15. The van der Waals surface area contributed by atoms with Crippen LogP contribution < -0.4 is 10.6 Å². The highest BCUT2D eigenvalue weighted by molar-refractivity contribution is 14.0. The van der Waals surface area contributed by atoms with Crippen LogP contribution in [0.2, 0.25) is 0 Å². The second-order valence-corrected chi connectivity index (χ2v) is 6.40. The molecule has 23 heavy (non-hydrogen) atoms. The molecule has 2 rings (SSSR count). The lowest BCUT2D eigenvalue weighted by Gasteiger charge is -2.11. The number of benzene rings is 1. The summed E-state index contributed by atoms with van der Waals surface area (Å²) in [6, 6.07) is 5.10. The van der Waals surface area contributed by atoms with Crippen molar-refractivity contribution in [2.45, 2.75) is 33.9 Å². The topological polar surface area (TPSA) is 49.3 Å². The Labute approximate surface area is 157 Å². The molecule has 2 N–H and O–H groups in total. The molecule has 126 valence electrons. The van der Waals surface area contributed by atoms with Crippen LogP contribution in [0.1, 0.15) is 26.7 Å². The normalized spacial score (nSPS) is 11.1. The maximum atomic E-state index is 13.2. The zero-order valence-corrected chi connectivity index (χ0v) is 16.9. The third kappa shape index (κ3) is 5.72. The predicted molar refractivity (Wildman–Crippen MR) is 105 cm³/mol. The van der Waals surface area contributed by atoms with Crippen molar-refractivity contribution in [2.75, 3.05) is 7.05 Å². The van der Waals surface area contributed by atoms with Gasteiger partial charge in [0.05, 0.1) is 12.2 Å². The Balaban J connectivity index is 0.00000264. The van der Waals surface area contributed by atoms with Crippen LogP contribution in [-0.4, -0.2) is 18.0 Å². The van der Waals surface area contributed by atoms with Gasteiger partial charge in [0.15, 0.2) is 5.96 Å². The second kappa shape index (κ2) is 9.17. The average Bonchev–Trinajstić information content (AvgIpc) is 2.81. The van der Waals surface area contributed by atoms with Crippen LogP contribution in [0.25, 0.3) is 0 Å². The highest BCUT2D eigenvalue weighted by atomic mass is 127. The van der Waals surface area contributed by atoms with Gasteiger partial charge >= 0.3 is 0 Å².